The predicted octanol–water partition coefficient (Wildman–Crippen LogP) is 2.44. The first-order valence-electron chi connectivity index (χ1n) is 4.42. The molecule has 0 fully saturated rings. The third kappa shape index (κ3) is 1.98. The van der Waals surface area contributed by atoms with Crippen LogP contribution in [0.2, 0.25) is 0 Å². The molecule has 2 aromatic rings. The van der Waals surface area contributed by atoms with E-state index < -0.39 is 0 Å². The van der Waals surface area contributed by atoms with Crippen LogP contribution in [0.25, 0.3) is 11.0 Å². The van der Waals surface area contributed by atoms with Gasteiger partial charge >= 0.3 is 0 Å². The molecule has 0 spiro atoms. The molecule has 2 aromatic heterocycles. The highest BCUT2D eigenvalue weighted by molar-refractivity contribution is 5.85. The van der Waals surface area contributed by atoms with E-state index in [1.165, 1.54) is 5.69 Å². The van der Waals surface area contributed by atoms with Gasteiger partial charge in [-0.2, -0.15) is 0 Å². The van der Waals surface area contributed by atoms with Crippen LogP contribution >= 0.6 is 24.8 Å². The molecule has 0 saturated heterocycles. The van der Waals surface area contributed by atoms with Crippen molar-refractivity contribution in [2.45, 2.75) is 6.42 Å². The standard InChI is InChI=1S/C10H9N3.2ClH/c1-2-7-6-9-8(3-5-11-9)13-10(7)12-4-1;;/h1-2,4,6,11H,3,5H2;2*1H. The van der Waals surface area contributed by atoms with Crippen LogP contribution in [0.1, 0.15) is 5.69 Å². The average molecular weight is 244 g/mol. The fourth-order valence-corrected chi connectivity index (χ4v) is 1.70. The lowest BCUT2D eigenvalue weighted by Crippen LogP contribution is -1.90. The summed E-state index contributed by atoms with van der Waals surface area (Å²) in [7, 11) is 0. The number of pyridine rings is 2. The van der Waals surface area contributed by atoms with Crippen molar-refractivity contribution in [3.63, 3.8) is 0 Å². The fraction of sp³-hybridized carbons (Fsp3) is 0.200. The van der Waals surface area contributed by atoms with E-state index in [0.717, 1.165) is 29.7 Å². The minimum Gasteiger partial charge on any atom is -0.383 e. The van der Waals surface area contributed by atoms with Gasteiger partial charge in [0.2, 0.25) is 0 Å². The number of nitrogens with zero attached hydrogens (tertiary/aromatic N) is 2. The van der Waals surface area contributed by atoms with Crippen molar-refractivity contribution in [2.24, 2.45) is 0 Å². The number of aromatic nitrogens is 2. The van der Waals surface area contributed by atoms with Gasteiger partial charge in [0, 0.05) is 24.5 Å². The largest absolute Gasteiger partial charge is 0.383 e. The number of nitrogens with one attached hydrogen (secondary N) is 1. The first kappa shape index (κ1) is 12.0. The van der Waals surface area contributed by atoms with Crippen molar-refractivity contribution in [2.75, 3.05) is 11.9 Å². The Bertz CT molecular complexity index is 431. The van der Waals surface area contributed by atoms with Crippen LogP contribution in [0.4, 0.5) is 5.69 Å². The lowest BCUT2D eigenvalue weighted by molar-refractivity contribution is 1.05. The highest BCUT2D eigenvalue weighted by Crippen LogP contribution is 2.23. The van der Waals surface area contributed by atoms with E-state index in [2.05, 4.69) is 21.4 Å². The molecular weight excluding hydrogens is 233 g/mol. The first-order chi connectivity index (χ1) is 6.43. The maximum Gasteiger partial charge on any atom is 0.159 e. The molecule has 0 amide bonds. The Morgan fingerprint density at radius 1 is 1.27 bits per heavy atom. The van der Waals surface area contributed by atoms with Gasteiger partial charge in [0.25, 0.3) is 0 Å². The Balaban J connectivity index is 0.000000562. The Morgan fingerprint density at radius 2 is 2.13 bits per heavy atom. The average Bonchev–Trinajstić information content (AvgIpc) is 2.61. The molecule has 0 radical (unpaired) electrons. The first-order valence-corrected chi connectivity index (χ1v) is 4.42. The van der Waals surface area contributed by atoms with Crippen molar-refractivity contribution in [1.29, 1.82) is 0 Å². The summed E-state index contributed by atoms with van der Waals surface area (Å²) in [5.74, 6) is 0. The van der Waals surface area contributed by atoms with Gasteiger partial charge < -0.3 is 5.32 Å². The summed E-state index contributed by atoms with van der Waals surface area (Å²) in [4.78, 5) is 8.70. The zero-order valence-corrected chi connectivity index (χ0v) is 9.57. The molecule has 1 aliphatic heterocycles. The molecule has 0 unspecified atom stereocenters. The lowest BCUT2D eigenvalue weighted by Gasteiger charge is -2.00. The Labute approximate surface area is 100 Å². The molecule has 0 aromatic carbocycles. The van der Waals surface area contributed by atoms with E-state index in [1.54, 1.807) is 6.20 Å². The summed E-state index contributed by atoms with van der Waals surface area (Å²) in [6, 6.07) is 6.10. The van der Waals surface area contributed by atoms with E-state index in [-0.39, 0.29) is 24.8 Å². The summed E-state index contributed by atoms with van der Waals surface area (Å²) in [5, 5.41) is 4.41. The molecule has 1 aliphatic rings. The van der Waals surface area contributed by atoms with Gasteiger partial charge in [-0.1, -0.05) is 0 Å². The molecule has 0 atom stereocenters. The van der Waals surface area contributed by atoms with Crippen molar-refractivity contribution in [1.82, 2.24) is 9.97 Å². The van der Waals surface area contributed by atoms with E-state index in [1.807, 2.05) is 12.1 Å². The topological polar surface area (TPSA) is 37.8 Å². The number of rotatable bonds is 0. The molecule has 3 rings (SSSR count). The predicted molar refractivity (Wildman–Crippen MR) is 66.2 cm³/mol. The van der Waals surface area contributed by atoms with Gasteiger partial charge in [0.1, 0.15) is 0 Å². The zero-order chi connectivity index (χ0) is 8.67. The van der Waals surface area contributed by atoms with Crippen molar-refractivity contribution in [3.05, 3.63) is 30.1 Å². The molecule has 5 heteroatoms. The van der Waals surface area contributed by atoms with Crippen molar-refractivity contribution < 1.29 is 0 Å². The molecule has 80 valence electrons. The Morgan fingerprint density at radius 3 is 3.00 bits per heavy atom. The number of anilines is 1. The monoisotopic (exact) mass is 243 g/mol. The van der Waals surface area contributed by atoms with Gasteiger partial charge in [-0.15, -0.1) is 24.8 Å². The van der Waals surface area contributed by atoms with Gasteiger partial charge in [0.15, 0.2) is 5.65 Å². The summed E-state index contributed by atoms with van der Waals surface area (Å²) in [6.45, 7) is 0.999. The normalized spacial score (nSPS) is 12.3. The van der Waals surface area contributed by atoms with Crippen LogP contribution in [-0.2, 0) is 6.42 Å². The quantitative estimate of drug-likeness (QED) is 0.773. The molecule has 15 heavy (non-hydrogen) atoms. The Kier molecular flexibility index (Phi) is 3.72. The number of fused-ring (bicyclic) bond motifs is 2. The van der Waals surface area contributed by atoms with Crippen LogP contribution in [0.5, 0.6) is 0 Å². The van der Waals surface area contributed by atoms with Gasteiger partial charge in [-0.25, -0.2) is 9.97 Å². The van der Waals surface area contributed by atoms with Crippen molar-refractivity contribution >= 4 is 41.5 Å². The van der Waals surface area contributed by atoms with E-state index in [4.69, 9.17) is 0 Å². The SMILES string of the molecule is Cl.Cl.c1cnc2nc3c(cc2c1)NCC3. The van der Waals surface area contributed by atoms with Crippen LogP contribution in [-0.4, -0.2) is 16.5 Å². The summed E-state index contributed by atoms with van der Waals surface area (Å²) in [5.41, 5.74) is 3.16. The molecule has 0 saturated carbocycles. The zero-order valence-electron chi connectivity index (χ0n) is 7.93. The fourth-order valence-electron chi connectivity index (χ4n) is 1.70. The highest BCUT2D eigenvalue weighted by Gasteiger charge is 2.12. The van der Waals surface area contributed by atoms with E-state index in [9.17, 15) is 0 Å². The molecular formula is C10H11Cl2N3. The summed E-state index contributed by atoms with van der Waals surface area (Å²) >= 11 is 0. The second kappa shape index (κ2) is 4.64. The van der Waals surface area contributed by atoms with E-state index in [0.29, 0.717) is 0 Å². The lowest BCUT2D eigenvalue weighted by atomic mass is 10.2. The van der Waals surface area contributed by atoms with E-state index >= 15 is 0 Å². The number of hydrogen-bond acceptors (Lipinski definition) is 3. The smallest absolute Gasteiger partial charge is 0.159 e. The maximum absolute atomic E-state index is 4.48. The van der Waals surface area contributed by atoms with Gasteiger partial charge in [-0.05, 0) is 18.2 Å². The summed E-state index contributed by atoms with van der Waals surface area (Å²) < 4.78 is 0. The van der Waals surface area contributed by atoms with Crippen molar-refractivity contribution in [3.8, 4) is 0 Å². The minimum absolute atomic E-state index is 0. The van der Waals surface area contributed by atoms with Crippen LogP contribution in [0.3, 0.4) is 0 Å². The maximum atomic E-state index is 4.48. The van der Waals surface area contributed by atoms with Crippen LogP contribution < -0.4 is 5.32 Å². The molecule has 0 aliphatic carbocycles. The van der Waals surface area contributed by atoms with Crippen LogP contribution in [0.15, 0.2) is 24.4 Å². The summed E-state index contributed by atoms with van der Waals surface area (Å²) in [6.07, 6.45) is 2.80. The number of halogens is 2. The molecule has 3 heterocycles. The molecule has 3 nitrogen and oxygen atoms in total. The number of hydrogen-bond donors (Lipinski definition) is 1. The second-order valence-corrected chi connectivity index (χ2v) is 3.21. The highest BCUT2D eigenvalue weighted by atomic mass is 35.5. The third-order valence-corrected chi connectivity index (χ3v) is 2.35. The third-order valence-electron chi connectivity index (χ3n) is 2.35. The Hall–Kier alpha value is -1.06. The molecule has 0 bridgehead atoms. The second-order valence-electron chi connectivity index (χ2n) is 3.21. The van der Waals surface area contributed by atoms with Crippen LogP contribution in [0, 0.1) is 0 Å². The minimum atomic E-state index is 0. The molecule has 1 N–H and O–H groups in total. The van der Waals surface area contributed by atoms with Gasteiger partial charge in [0.05, 0.1) is 11.4 Å². The van der Waals surface area contributed by atoms with Gasteiger partial charge in [-0.3, -0.25) is 0 Å².